The Kier molecular flexibility index (Phi) is 6.33. The Morgan fingerprint density at radius 3 is 2.58 bits per heavy atom. The number of aliphatic hydroxyl groups excluding tert-OH is 1. The van der Waals surface area contributed by atoms with Crippen molar-refractivity contribution in [1.29, 1.82) is 0 Å². The second-order valence-electron chi connectivity index (χ2n) is 11.9. The predicted molar refractivity (Wildman–Crippen MR) is 142 cm³/mol. The van der Waals surface area contributed by atoms with Gasteiger partial charge in [0.1, 0.15) is 17.5 Å². The maximum Gasteiger partial charge on any atom is 0.201 e. The summed E-state index contributed by atoms with van der Waals surface area (Å²) in [4.78, 5) is 33.8. The van der Waals surface area contributed by atoms with Gasteiger partial charge in [0, 0.05) is 32.3 Å². The average Bonchev–Trinajstić information content (AvgIpc) is 3.07. The van der Waals surface area contributed by atoms with E-state index >= 15 is 4.39 Å². The van der Waals surface area contributed by atoms with Crippen LogP contribution in [-0.4, -0.2) is 40.6 Å². The second kappa shape index (κ2) is 9.56. The zero-order valence-corrected chi connectivity index (χ0v) is 21.6. The number of halogens is 2. The third kappa shape index (κ3) is 4.42. The molecule has 4 saturated carbocycles. The highest BCUT2D eigenvalue weighted by molar-refractivity contribution is 5.99. The molecule has 38 heavy (non-hydrogen) atoms. The molecule has 0 saturated heterocycles. The molecule has 1 aromatic carbocycles. The minimum Gasteiger partial charge on any atom is -0.395 e. The van der Waals surface area contributed by atoms with Crippen LogP contribution in [0.4, 0.5) is 14.6 Å². The van der Waals surface area contributed by atoms with E-state index in [9.17, 15) is 19.1 Å². The molecule has 200 valence electrons. The van der Waals surface area contributed by atoms with Gasteiger partial charge in [0.15, 0.2) is 11.4 Å². The van der Waals surface area contributed by atoms with Gasteiger partial charge < -0.3 is 10.0 Å². The summed E-state index contributed by atoms with van der Waals surface area (Å²) in [5.74, 6) is 0.830. The number of anilines is 1. The van der Waals surface area contributed by atoms with Crippen LogP contribution in [0, 0.1) is 34.8 Å². The molecular formula is C30H33F2N3O3. The highest BCUT2D eigenvalue weighted by atomic mass is 19.1. The van der Waals surface area contributed by atoms with Gasteiger partial charge in [-0.2, -0.15) is 0 Å². The fourth-order valence-electron chi connectivity index (χ4n) is 7.69. The van der Waals surface area contributed by atoms with E-state index in [0.29, 0.717) is 30.6 Å². The molecule has 0 radical (unpaired) electrons. The van der Waals surface area contributed by atoms with Crippen LogP contribution in [0.25, 0.3) is 16.7 Å². The second-order valence-corrected chi connectivity index (χ2v) is 11.9. The third-order valence-corrected chi connectivity index (χ3v) is 9.19. The Labute approximate surface area is 220 Å². The molecule has 4 bridgehead atoms. The lowest BCUT2D eigenvalue weighted by Crippen LogP contribution is -2.36. The zero-order chi connectivity index (χ0) is 26.6. The smallest absolute Gasteiger partial charge is 0.201 e. The van der Waals surface area contributed by atoms with Crippen molar-refractivity contribution in [3.8, 4) is 5.69 Å². The Morgan fingerprint density at radius 1 is 1.13 bits per heavy atom. The topological polar surface area (TPSA) is 75.4 Å². The Hall–Kier alpha value is -3.13. The molecule has 1 N–H and O–H groups in total. The van der Waals surface area contributed by atoms with Crippen molar-refractivity contribution in [3.05, 3.63) is 63.9 Å². The number of hydrogen-bond acceptors (Lipinski definition) is 5. The zero-order valence-electron chi connectivity index (χ0n) is 21.6. The van der Waals surface area contributed by atoms with Gasteiger partial charge >= 0.3 is 0 Å². The largest absolute Gasteiger partial charge is 0.395 e. The first-order valence-electron chi connectivity index (χ1n) is 13.6. The monoisotopic (exact) mass is 521 g/mol. The summed E-state index contributed by atoms with van der Waals surface area (Å²) in [6, 6.07) is 6.46. The van der Waals surface area contributed by atoms with Crippen LogP contribution in [0.2, 0.25) is 0 Å². The third-order valence-electron chi connectivity index (χ3n) is 9.19. The number of likely N-dealkylation sites (N-methyl/N-ethyl adjacent to an activating group) is 1. The number of Topliss-reactive ketones (excluding diaryl/α,β-unsaturated/α-hetero) is 1. The lowest BCUT2D eigenvalue weighted by atomic mass is 9.60. The van der Waals surface area contributed by atoms with E-state index in [1.165, 1.54) is 36.1 Å². The molecule has 8 heteroatoms. The molecule has 3 aromatic rings. The number of aliphatic hydroxyl groups is 1. The number of fused-ring (bicyclic) bond motifs is 2. The summed E-state index contributed by atoms with van der Waals surface area (Å²) in [5.41, 5.74) is -0.295. The molecule has 0 spiro atoms. The number of pyridine rings is 2. The highest BCUT2D eigenvalue weighted by Gasteiger charge is 2.48. The highest BCUT2D eigenvalue weighted by Crippen LogP contribution is 2.58. The van der Waals surface area contributed by atoms with Crippen molar-refractivity contribution in [2.45, 2.75) is 51.4 Å². The molecule has 2 heterocycles. The van der Waals surface area contributed by atoms with Crippen LogP contribution in [-0.2, 0) is 0 Å². The van der Waals surface area contributed by atoms with Crippen molar-refractivity contribution in [2.75, 3.05) is 25.1 Å². The summed E-state index contributed by atoms with van der Waals surface area (Å²) in [7, 11) is 1.75. The molecule has 6 nitrogen and oxygen atoms in total. The van der Waals surface area contributed by atoms with E-state index in [-0.39, 0.29) is 40.1 Å². The van der Waals surface area contributed by atoms with Gasteiger partial charge in [0.2, 0.25) is 5.43 Å². The van der Waals surface area contributed by atoms with Crippen molar-refractivity contribution in [3.63, 3.8) is 0 Å². The van der Waals surface area contributed by atoms with Gasteiger partial charge in [0.05, 0.1) is 23.2 Å². The van der Waals surface area contributed by atoms with Crippen molar-refractivity contribution in [1.82, 2.24) is 9.55 Å². The fraction of sp³-hybridized carbons (Fsp3) is 0.500. The minimum absolute atomic E-state index is 0.00564. The summed E-state index contributed by atoms with van der Waals surface area (Å²) < 4.78 is 30.2. The first-order valence-corrected chi connectivity index (χ1v) is 13.6. The summed E-state index contributed by atoms with van der Waals surface area (Å²) in [5, 5.41) is 9.53. The number of benzene rings is 1. The van der Waals surface area contributed by atoms with Gasteiger partial charge in [-0.05, 0) is 92.4 Å². The Morgan fingerprint density at radius 2 is 1.87 bits per heavy atom. The van der Waals surface area contributed by atoms with E-state index < -0.39 is 17.1 Å². The summed E-state index contributed by atoms with van der Waals surface area (Å²) in [6.07, 6.45) is 9.76. The fourth-order valence-corrected chi connectivity index (χ4v) is 7.69. The van der Waals surface area contributed by atoms with Gasteiger partial charge in [-0.1, -0.05) is 0 Å². The van der Waals surface area contributed by atoms with Crippen LogP contribution in [0.1, 0.15) is 61.7 Å². The number of rotatable bonds is 7. The SMILES string of the molecule is CN(CCO)c1ccc2c(=O)c(C(=O)CC34CCC5CC(CC(C5)C3)C4)cn(-c3ccc(F)cc3F)c2n1. The first kappa shape index (κ1) is 25.2. The maximum atomic E-state index is 15.0. The van der Waals surface area contributed by atoms with Crippen molar-refractivity contribution >= 4 is 22.6 Å². The van der Waals surface area contributed by atoms with Crippen LogP contribution in [0.15, 0.2) is 41.3 Å². The number of ketones is 1. The van der Waals surface area contributed by atoms with E-state index in [1.54, 1.807) is 24.1 Å². The van der Waals surface area contributed by atoms with Crippen LogP contribution in [0.5, 0.6) is 0 Å². The predicted octanol–water partition coefficient (Wildman–Crippen LogP) is 5.27. The van der Waals surface area contributed by atoms with Crippen LogP contribution >= 0.6 is 0 Å². The summed E-state index contributed by atoms with van der Waals surface area (Å²) >= 11 is 0. The standard InChI is InChI=1S/C30H33F2N3O3/c1-34(8-9-36)27-5-3-22-28(38)23(17-35(29(22)33-27)25-4-2-21(31)13-24(25)32)26(37)16-30-7-6-18-10-19(14-30)12-20(11-18)15-30/h2-5,13,17-20,36H,6-12,14-16H2,1H3. The number of aromatic nitrogens is 2. The van der Waals surface area contributed by atoms with Crippen LogP contribution < -0.4 is 10.3 Å². The molecule has 7 rings (SSSR count). The van der Waals surface area contributed by atoms with Crippen LogP contribution in [0.3, 0.4) is 0 Å². The van der Waals surface area contributed by atoms with Gasteiger partial charge in [0.25, 0.3) is 0 Å². The first-order chi connectivity index (χ1) is 18.2. The molecule has 2 aromatic heterocycles. The van der Waals surface area contributed by atoms with Gasteiger partial charge in [-0.3, -0.25) is 14.2 Å². The number of carbonyl (C=O) groups excluding carboxylic acids is 1. The summed E-state index contributed by atoms with van der Waals surface area (Å²) in [6.45, 7) is 0.225. The number of carbonyl (C=O) groups is 1. The maximum absolute atomic E-state index is 15.0. The molecule has 4 aliphatic rings. The molecule has 0 amide bonds. The molecule has 2 unspecified atom stereocenters. The van der Waals surface area contributed by atoms with Crippen molar-refractivity contribution in [2.24, 2.45) is 23.2 Å². The molecular weight excluding hydrogens is 488 g/mol. The Balaban J connectivity index is 1.46. The lowest BCUT2D eigenvalue weighted by molar-refractivity contribution is 0.0530. The quantitative estimate of drug-likeness (QED) is 0.429. The van der Waals surface area contributed by atoms with E-state index in [2.05, 4.69) is 4.98 Å². The lowest BCUT2D eigenvalue weighted by Gasteiger charge is -2.45. The molecule has 2 atom stereocenters. The van der Waals surface area contributed by atoms with E-state index in [0.717, 1.165) is 43.7 Å². The number of nitrogens with zero attached hydrogens (tertiary/aromatic N) is 3. The molecule has 0 aliphatic heterocycles. The van der Waals surface area contributed by atoms with Gasteiger partial charge in [-0.25, -0.2) is 13.8 Å². The van der Waals surface area contributed by atoms with Gasteiger partial charge in [-0.15, -0.1) is 0 Å². The minimum atomic E-state index is -0.818. The van der Waals surface area contributed by atoms with Crippen molar-refractivity contribution < 1.29 is 18.7 Å². The Bertz CT molecular complexity index is 1460. The van der Waals surface area contributed by atoms with E-state index in [1.807, 2.05) is 0 Å². The normalized spacial score (nSPS) is 26.1. The average molecular weight is 522 g/mol. The van der Waals surface area contributed by atoms with E-state index in [4.69, 9.17) is 0 Å². The molecule has 4 fully saturated rings. The number of hydrogen-bond donors (Lipinski definition) is 1. The molecule has 4 aliphatic carbocycles.